The van der Waals surface area contributed by atoms with Crippen molar-refractivity contribution in [2.24, 2.45) is 5.41 Å². The summed E-state index contributed by atoms with van der Waals surface area (Å²) < 4.78 is 0.636. The predicted octanol–water partition coefficient (Wildman–Crippen LogP) is 3.97. The Morgan fingerprint density at radius 1 is 1.33 bits per heavy atom. The summed E-state index contributed by atoms with van der Waals surface area (Å²) in [5, 5.41) is 12.6. The Hall–Kier alpha value is -0.530. The molecule has 21 heavy (non-hydrogen) atoms. The van der Waals surface area contributed by atoms with Crippen molar-refractivity contribution in [2.45, 2.75) is 25.7 Å². The van der Waals surface area contributed by atoms with Crippen LogP contribution in [0.1, 0.15) is 36.0 Å². The third-order valence-corrected chi connectivity index (χ3v) is 5.80. The van der Waals surface area contributed by atoms with Gasteiger partial charge in [0, 0.05) is 15.1 Å². The van der Waals surface area contributed by atoms with Gasteiger partial charge in [0.1, 0.15) is 0 Å². The van der Waals surface area contributed by atoms with Crippen LogP contribution in [0.3, 0.4) is 0 Å². The van der Waals surface area contributed by atoms with E-state index >= 15 is 0 Å². The molecule has 0 saturated heterocycles. The number of halogens is 3. The Bertz CT molecular complexity index is 588. The van der Waals surface area contributed by atoms with Gasteiger partial charge in [0.15, 0.2) is 0 Å². The number of carboxylic acid groups (broad SMARTS) is 1. The molecule has 0 radical (unpaired) electrons. The Kier molecular flexibility index (Phi) is 5.38. The topological polar surface area (TPSA) is 66.4 Å². The van der Waals surface area contributed by atoms with Gasteiger partial charge in [0.2, 0.25) is 0 Å². The number of hydrogen-bond acceptors (Lipinski definition) is 2. The van der Waals surface area contributed by atoms with E-state index < -0.39 is 5.97 Å². The fourth-order valence-corrected chi connectivity index (χ4v) is 3.55. The van der Waals surface area contributed by atoms with Crippen LogP contribution in [0.4, 0.5) is 0 Å². The molecule has 2 N–H and O–H groups in total. The lowest BCUT2D eigenvalue weighted by molar-refractivity contribution is -0.141. The summed E-state index contributed by atoms with van der Waals surface area (Å²) in [5.41, 5.74) is 0.105. The lowest BCUT2D eigenvalue weighted by atomic mass is 9.66. The number of hydrogen-bond donors (Lipinski definition) is 2. The monoisotopic (exact) mass is 441 g/mol. The number of benzene rings is 1. The van der Waals surface area contributed by atoms with Crippen LogP contribution >= 0.6 is 45.8 Å². The quantitative estimate of drug-likeness (QED) is 0.536. The second-order valence-corrected chi connectivity index (χ2v) is 7.28. The summed E-state index contributed by atoms with van der Waals surface area (Å²) in [6, 6.07) is 3.15. The summed E-state index contributed by atoms with van der Waals surface area (Å²) in [6.07, 6.45) is 2.74. The van der Waals surface area contributed by atoms with Crippen molar-refractivity contribution in [1.29, 1.82) is 0 Å². The number of carbonyl (C=O) groups excluding carboxylic acids is 1. The molecule has 7 heteroatoms. The molecule has 0 unspecified atom stereocenters. The highest BCUT2D eigenvalue weighted by molar-refractivity contribution is 14.1. The largest absolute Gasteiger partial charge is 0.481 e. The first kappa shape index (κ1) is 16.8. The average molecular weight is 442 g/mol. The zero-order valence-electron chi connectivity index (χ0n) is 11.1. The normalized spacial score (nSPS) is 16.1. The number of carboxylic acids is 1. The molecule has 1 fully saturated rings. The fourth-order valence-electron chi connectivity index (χ4n) is 2.50. The minimum absolute atomic E-state index is 0.0840. The van der Waals surface area contributed by atoms with Crippen molar-refractivity contribution in [3.8, 4) is 0 Å². The minimum Gasteiger partial charge on any atom is -0.481 e. The Balaban J connectivity index is 2.07. The van der Waals surface area contributed by atoms with Crippen LogP contribution < -0.4 is 5.32 Å². The van der Waals surface area contributed by atoms with Crippen LogP contribution in [0.15, 0.2) is 12.1 Å². The molecule has 0 aromatic heterocycles. The molecule has 1 aliphatic carbocycles. The van der Waals surface area contributed by atoms with E-state index in [1.807, 2.05) is 22.6 Å². The molecule has 0 spiro atoms. The number of amides is 1. The smallest absolute Gasteiger partial charge is 0.303 e. The van der Waals surface area contributed by atoms with E-state index in [0.29, 0.717) is 25.7 Å². The van der Waals surface area contributed by atoms with Crippen LogP contribution in [0.2, 0.25) is 10.0 Å². The van der Waals surface area contributed by atoms with Gasteiger partial charge in [-0.3, -0.25) is 9.59 Å². The first-order valence-corrected chi connectivity index (χ1v) is 8.31. The summed E-state index contributed by atoms with van der Waals surface area (Å²) in [7, 11) is 0. The maximum atomic E-state index is 12.3. The van der Waals surface area contributed by atoms with Gasteiger partial charge in [-0.25, -0.2) is 0 Å². The van der Waals surface area contributed by atoms with Crippen molar-refractivity contribution in [2.75, 3.05) is 6.54 Å². The van der Waals surface area contributed by atoms with Gasteiger partial charge >= 0.3 is 5.97 Å². The highest BCUT2D eigenvalue weighted by Crippen LogP contribution is 2.43. The zero-order valence-corrected chi connectivity index (χ0v) is 14.8. The lowest BCUT2D eigenvalue weighted by Gasteiger charge is -2.40. The van der Waals surface area contributed by atoms with Crippen molar-refractivity contribution in [1.82, 2.24) is 5.32 Å². The lowest BCUT2D eigenvalue weighted by Crippen LogP contribution is -2.43. The van der Waals surface area contributed by atoms with E-state index in [1.54, 1.807) is 12.1 Å². The molecule has 1 aliphatic rings. The SMILES string of the molecule is O=C(O)CC1(CNC(=O)c2cc(Cl)cc(Cl)c2I)CCC1. The minimum atomic E-state index is -0.829. The van der Waals surface area contributed by atoms with E-state index in [0.717, 1.165) is 19.3 Å². The van der Waals surface area contributed by atoms with Gasteiger partial charge in [-0.05, 0) is 53.0 Å². The van der Waals surface area contributed by atoms with Crippen molar-refractivity contribution >= 4 is 57.7 Å². The highest BCUT2D eigenvalue weighted by Gasteiger charge is 2.39. The maximum absolute atomic E-state index is 12.3. The van der Waals surface area contributed by atoms with E-state index in [2.05, 4.69) is 5.32 Å². The van der Waals surface area contributed by atoms with Gasteiger partial charge in [-0.2, -0.15) is 0 Å². The number of rotatable bonds is 5. The van der Waals surface area contributed by atoms with E-state index in [1.165, 1.54) is 0 Å². The molecule has 0 bridgehead atoms. The van der Waals surface area contributed by atoms with Crippen molar-refractivity contribution < 1.29 is 14.7 Å². The highest BCUT2D eigenvalue weighted by atomic mass is 127. The summed E-state index contributed by atoms with van der Waals surface area (Å²) in [4.78, 5) is 23.2. The first-order valence-electron chi connectivity index (χ1n) is 6.47. The Labute approximate surface area is 146 Å². The maximum Gasteiger partial charge on any atom is 0.303 e. The molecule has 1 aromatic carbocycles. The number of aliphatic carboxylic acids is 1. The van der Waals surface area contributed by atoms with Gasteiger partial charge in [0.05, 0.1) is 17.0 Å². The van der Waals surface area contributed by atoms with Gasteiger partial charge in [0.25, 0.3) is 5.91 Å². The number of carbonyl (C=O) groups is 2. The van der Waals surface area contributed by atoms with Gasteiger partial charge < -0.3 is 10.4 Å². The Morgan fingerprint density at radius 2 is 2.00 bits per heavy atom. The van der Waals surface area contributed by atoms with Crippen LogP contribution in [0.5, 0.6) is 0 Å². The molecular formula is C14H14Cl2INO3. The van der Waals surface area contributed by atoms with Gasteiger partial charge in [-0.1, -0.05) is 29.6 Å². The zero-order chi connectivity index (χ0) is 15.6. The van der Waals surface area contributed by atoms with Gasteiger partial charge in [-0.15, -0.1) is 0 Å². The van der Waals surface area contributed by atoms with Crippen LogP contribution in [-0.2, 0) is 4.79 Å². The Morgan fingerprint density at radius 3 is 2.52 bits per heavy atom. The second kappa shape index (κ2) is 6.71. The van der Waals surface area contributed by atoms with Crippen molar-refractivity contribution in [3.05, 3.63) is 31.3 Å². The molecule has 4 nitrogen and oxygen atoms in total. The summed E-state index contributed by atoms with van der Waals surface area (Å²) in [6.45, 7) is 0.359. The predicted molar refractivity (Wildman–Crippen MR) is 90.0 cm³/mol. The van der Waals surface area contributed by atoms with E-state index in [4.69, 9.17) is 28.3 Å². The molecule has 0 heterocycles. The molecule has 1 amide bonds. The molecule has 1 aromatic rings. The van der Waals surface area contributed by atoms with E-state index in [9.17, 15) is 9.59 Å². The fraction of sp³-hybridized carbons (Fsp3) is 0.429. The third-order valence-electron chi connectivity index (χ3n) is 3.80. The van der Waals surface area contributed by atoms with Crippen LogP contribution in [-0.4, -0.2) is 23.5 Å². The van der Waals surface area contributed by atoms with E-state index in [-0.39, 0.29) is 17.7 Å². The molecule has 2 rings (SSSR count). The molecule has 114 valence electrons. The molecule has 0 atom stereocenters. The molecular weight excluding hydrogens is 428 g/mol. The van der Waals surface area contributed by atoms with Crippen LogP contribution in [0.25, 0.3) is 0 Å². The summed E-state index contributed by atoms with van der Waals surface area (Å²) in [5.74, 6) is -1.11. The first-order chi connectivity index (χ1) is 9.83. The number of nitrogens with one attached hydrogen (secondary N) is 1. The van der Waals surface area contributed by atoms with Crippen molar-refractivity contribution in [3.63, 3.8) is 0 Å². The molecule has 0 aliphatic heterocycles. The summed E-state index contributed by atoms with van der Waals surface area (Å²) >= 11 is 13.9. The standard InChI is InChI=1S/C14H14Cl2INO3/c15-8-4-9(12(17)10(16)5-8)13(21)18-7-14(2-1-3-14)6-11(19)20/h4-5H,1-3,6-7H2,(H,18,21)(H,19,20). The third kappa shape index (κ3) is 4.02. The molecule has 1 saturated carbocycles. The average Bonchev–Trinajstić information content (AvgIpc) is 2.36. The second-order valence-electron chi connectivity index (χ2n) is 5.36. The van der Waals surface area contributed by atoms with Crippen LogP contribution in [0, 0.1) is 8.99 Å².